The lowest BCUT2D eigenvalue weighted by atomic mass is 9.95. The molecule has 0 bridgehead atoms. The highest BCUT2D eigenvalue weighted by atomic mass is 35.5. The van der Waals surface area contributed by atoms with Gasteiger partial charge in [0.25, 0.3) is 5.91 Å². The van der Waals surface area contributed by atoms with Gasteiger partial charge in [-0.15, -0.1) is 0 Å². The minimum Gasteiger partial charge on any atom is -0.497 e. The van der Waals surface area contributed by atoms with E-state index in [0.717, 1.165) is 51.9 Å². The molecular formula is C24H29ClFN5O2. The number of halogens is 2. The minimum atomic E-state index is -0.489. The summed E-state index contributed by atoms with van der Waals surface area (Å²) in [6.45, 7) is 3.35. The van der Waals surface area contributed by atoms with Gasteiger partial charge in [0.2, 0.25) is 0 Å². The molecule has 1 aliphatic carbocycles. The number of nitrogens with zero attached hydrogens (tertiary/aromatic N) is 3. The van der Waals surface area contributed by atoms with Gasteiger partial charge < -0.3 is 20.3 Å². The normalized spacial score (nSPS) is 16.2. The molecule has 2 aliphatic rings. The van der Waals surface area contributed by atoms with Crippen molar-refractivity contribution in [2.45, 2.75) is 38.1 Å². The van der Waals surface area contributed by atoms with Crippen LogP contribution >= 0.6 is 11.6 Å². The number of nitriles is 1. The Morgan fingerprint density at radius 2 is 2.00 bits per heavy atom. The Hall–Kier alpha value is -2.89. The molecule has 9 heteroatoms. The van der Waals surface area contributed by atoms with Gasteiger partial charge in [-0.1, -0.05) is 30.9 Å². The zero-order chi connectivity index (χ0) is 23.6. The number of benzene rings is 1. The summed E-state index contributed by atoms with van der Waals surface area (Å²) >= 11 is 5.71. The molecule has 1 saturated heterocycles. The molecule has 0 atom stereocenters. The second kappa shape index (κ2) is 12.4. The molecule has 33 heavy (non-hydrogen) atoms. The molecule has 1 aromatic heterocycles. The van der Waals surface area contributed by atoms with Gasteiger partial charge in [-0.25, -0.2) is 9.37 Å². The minimum absolute atomic E-state index is 0.0458. The van der Waals surface area contributed by atoms with Gasteiger partial charge in [0.1, 0.15) is 23.5 Å². The Labute approximate surface area is 198 Å². The summed E-state index contributed by atoms with van der Waals surface area (Å²) in [5.74, 6) is 0.433. The molecular weight excluding hydrogens is 445 g/mol. The summed E-state index contributed by atoms with van der Waals surface area (Å²) in [5.41, 5.74) is 0.511. The highest BCUT2D eigenvalue weighted by Crippen LogP contribution is 2.21. The first-order valence-electron chi connectivity index (χ1n) is 11.2. The van der Waals surface area contributed by atoms with E-state index >= 15 is 0 Å². The fraction of sp³-hybridized carbons (Fsp3) is 0.458. The van der Waals surface area contributed by atoms with E-state index in [-0.39, 0.29) is 17.5 Å². The maximum absolute atomic E-state index is 14.3. The number of anilines is 1. The summed E-state index contributed by atoms with van der Waals surface area (Å²) < 4.78 is 19.2. The molecule has 1 saturated carbocycles. The fourth-order valence-corrected chi connectivity index (χ4v) is 4.09. The van der Waals surface area contributed by atoms with Gasteiger partial charge in [0, 0.05) is 50.6 Å². The quantitative estimate of drug-likeness (QED) is 0.699. The number of hydrogen-bond acceptors (Lipinski definition) is 6. The van der Waals surface area contributed by atoms with Crippen LogP contribution in [0.25, 0.3) is 0 Å². The molecule has 1 aromatic carbocycles. The van der Waals surface area contributed by atoms with Crippen LogP contribution in [0.3, 0.4) is 0 Å². The standard InChI is InChI=1S/C16H23FN4O.C8H6ClNO/c17-14-10-15(21-8-6-18-7-9-21)19-11-13(14)16(22)20-12-4-2-1-3-5-12;1-11-7-3-2-6(5-10)8(9)4-7/h10-12,18H,1-9H2,(H,20,22);2-4H,1H3. The van der Waals surface area contributed by atoms with Gasteiger partial charge in [0.05, 0.1) is 23.3 Å². The van der Waals surface area contributed by atoms with Gasteiger partial charge in [-0.05, 0) is 25.0 Å². The lowest BCUT2D eigenvalue weighted by molar-refractivity contribution is 0.0923. The van der Waals surface area contributed by atoms with Crippen molar-refractivity contribution in [3.05, 3.63) is 52.4 Å². The number of amides is 1. The molecule has 4 rings (SSSR count). The highest BCUT2D eigenvalue weighted by Gasteiger charge is 2.21. The van der Waals surface area contributed by atoms with Crippen LogP contribution in [0, 0.1) is 17.1 Å². The van der Waals surface area contributed by atoms with Crippen molar-refractivity contribution in [3.8, 4) is 11.8 Å². The van der Waals surface area contributed by atoms with Crippen LogP contribution in [0.15, 0.2) is 30.5 Å². The first kappa shape index (κ1) is 24.7. The zero-order valence-electron chi connectivity index (χ0n) is 18.7. The number of carbonyl (C=O) groups excluding carboxylic acids is 1. The van der Waals surface area contributed by atoms with Crippen LogP contribution in [0.1, 0.15) is 48.0 Å². The van der Waals surface area contributed by atoms with Crippen molar-refractivity contribution in [3.63, 3.8) is 0 Å². The van der Waals surface area contributed by atoms with E-state index in [0.29, 0.717) is 22.2 Å². The summed E-state index contributed by atoms with van der Waals surface area (Å²) in [6.07, 6.45) is 6.83. The van der Waals surface area contributed by atoms with Crippen molar-refractivity contribution < 1.29 is 13.9 Å². The average Bonchev–Trinajstić information content (AvgIpc) is 2.85. The number of pyridine rings is 1. The molecule has 0 unspecified atom stereocenters. The van der Waals surface area contributed by atoms with E-state index in [2.05, 4.69) is 15.6 Å². The third-order valence-corrected chi connectivity index (χ3v) is 6.07. The maximum atomic E-state index is 14.3. The Kier molecular flexibility index (Phi) is 9.28. The molecule has 2 heterocycles. The first-order valence-corrected chi connectivity index (χ1v) is 11.6. The predicted octanol–water partition coefficient (Wildman–Crippen LogP) is 3.91. The van der Waals surface area contributed by atoms with Gasteiger partial charge in [0.15, 0.2) is 0 Å². The van der Waals surface area contributed by atoms with Crippen LogP contribution in [0.2, 0.25) is 5.02 Å². The molecule has 2 fully saturated rings. The SMILES string of the molecule is COc1ccc(C#N)c(Cl)c1.O=C(NC1CCCCC1)c1cnc(N2CCNCC2)cc1F. The van der Waals surface area contributed by atoms with Crippen molar-refractivity contribution >= 4 is 23.3 Å². The number of nitrogens with one attached hydrogen (secondary N) is 2. The molecule has 1 amide bonds. The van der Waals surface area contributed by atoms with Crippen LogP contribution < -0.4 is 20.3 Å². The smallest absolute Gasteiger partial charge is 0.256 e. The second-order valence-corrected chi connectivity index (χ2v) is 8.43. The Morgan fingerprint density at radius 3 is 2.61 bits per heavy atom. The number of methoxy groups -OCH3 is 1. The topological polar surface area (TPSA) is 90.3 Å². The monoisotopic (exact) mass is 473 g/mol. The third-order valence-electron chi connectivity index (χ3n) is 5.76. The van der Waals surface area contributed by atoms with Crippen molar-refractivity contribution in [1.82, 2.24) is 15.6 Å². The van der Waals surface area contributed by atoms with Crippen LogP contribution in [0.4, 0.5) is 10.2 Å². The molecule has 0 radical (unpaired) electrons. The van der Waals surface area contributed by atoms with Gasteiger partial charge in [-0.2, -0.15) is 5.26 Å². The summed E-state index contributed by atoms with van der Waals surface area (Å²) in [4.78, 5) is 18.5. The van der Waals surface area contributed by atoms with E-state index in [9.17, 15) is 9.18 Å². The van der Waals surface area contributed by atoms with Gasteiger partial charge >= 0.3 is 0 Å². The Morgan fingerprint density at radius 1 is 1.27 bits per heavy atom. The zero-order valence-corrected chi connectivity index (χ0v) is 19.5. The number of rotatable bonds is 4. The van der Waals surface area contributed by atoms with E-state index in [1.165, 1.54) is 18.7 Å². The number of piperazine rings is 1. The number of ether oxygens (including phenoxy) is 1. The van der Waals surface area contributed by atoms with Crippen LogP contribution in [-0.2, 0) is 0 Å². The summed E-state index contributed by atoms with van der Waals surface area (Å²) in [6, 6.07) is 8.45. The molecule has 1 aliphatic heterocycles. The van der Waals surface area contributed by atoms with Crippen molar-refractivity contribution in [2.24, 2.45) is 0 Å². The number of aromatic nitrogens is 1. The van der Waals surface area contributed by atoms with Gasteiger partial charge in [-0.3, -0.25) is 4.79 Å². The van der Waals surface area contributed by atoms with E-state index in [1.54, 1.807) is 25.3 Å². The van der Waals surface area contributed by atoms with Crippen molar-refractivity contribution in [2.75, 3.05) is 38.2 Å². The average molecular weight is 474 g/mol. The predicted molar refractivity (Wildman–Crippen MR) is 126 cm³/mol. The maximum Gasteiger partial charge on any atom is 0.256 e. The van der Waals surface area contributed by atoms with E-state index in [1.807, 2.05) is 11.0 Å². The summed E-state index contributed by atoms with van der Waals surface area (Å²) in [5, 5.41) is 15.1. The lowest BCUT2D eigenvalue weighted by Crippen LogP contribution is -2.44. The molecule has 7 nitrogen and oxygen atoms in total. The molecule has 2 N–H and O–H groups in total. The summed E-state index contributed by atoms with van der Waals surface area (Å²) in [7, 11) is 1.55. The highest BCUT2D eigenvalue weighted by molar-refractivity contribution is 6.31. The number of carbonyl (C=O) groups is 1. The molecule has 0 spiro atoms. The lowest BCUT2D eigenvalue weighted by Gasteiger charge is -2.28. The van der Waals surface area contributed by atoms with Crippen LogP contribution in [-0.4, -0.2) is 50.2 Å². The van der Waals surface area contributed by atoms with Crippen molar-refractivity contribution in [1.29, 1.82) is 5.26 Å². The first-order chi connectivity index (χ1) is 16.0. The second-order valence-electron chi connectivity index (χ2n) is 8.03. The largest absolute Gasteiger partial charge is 0.497 e. The molecule has 176 valence electrons. The fourth-order valence-electron chi connectivity index (χ4n) is 3.88. The molecule has 2 aromatic rings. The van der Waals surface area contributed by atoms with E-state index in [4.69, 9.17) is 21.6 Å². The Bertz CT molecular complexity index is 985. The van der Waals surface area contributed by atoms with Crippen LogP contribution in [0.5, 0.6) is 5.75 Å². The number of hydrogen-bond donors (Lipinski definition) is 2. The van der Waals surface area contributed by atoms with E-state index < -0.39 is 5.82 Å². The third kappa shape index (κ3) is 7.04. The Balaban J connectivity index is 0.000000235.